The monoisotopic (exact) mass is 562 g/mol. The van der Waals surface area contributed by atoms with Gasteiger partial charge in [-0.05, 0) is 13.3 Å². The molecule has 0 aliphatic carbocycles. The number of quaternary nitrogens is 1. The van der Waals surface area contributed by atoms with Gasteiger partial charge in [-0.3, -0.25) is 0 Å². The second-order valence-corrected chi connectivity index (χ2v) is 13.2. The number of carbonyl (C=O) groups is 1. The summed E-state index contributed by atoms with van der Waals surface area (Å²) in [6.45, 7) is 6.60. The smallest absolute Gasteiger partial charge is 0.330 e. The van der Waals surface area contributed by atoms with Crippen molar-refractivity contribution < 1.29 is 28.0 Å². The van der Waals surface area contributed by atoms with Crippen LogP contribution in [0.2, 0.25) is 0 Å². The minimum absolute atomic E-state index is 0.0396. The third-order valence-electron chi connectivity index (χ3n) is 6.96. The topological polar surface area (TPSA) is 65.0 Å². The summed E-state index contributed by atoms with van der Waals surface area (Å²) < 4.78 is 17.5. The van der Waals surface area contributed by atoms with Crippen LogP contribution in [0.1, 0.15) is 136 Å². The summed E-state index contributed by atoms with van der Waals surface area (Å²) in [6, 6.07) is 0. The Kier molecular flexibility index (Phi) is 27.0. The number of ketones is 1. The highest BCUT2D eigenvalue weighted by Gasteiger charge is 2.17. The fourth-order valence-corrected chi connectivity index (χ4v) is 5.18. The van der Waals surface area contributed by atoms with Crippen molar-refractivity contribution >= 4 is 14.4 Å². The molecule has 0 heterocycles. The predicted octanol–water partition coefficient (Wildman–Crippen LogP) is 8.60. The molecule has 6 nitrogen and oxygen atoms in total. The van der Waals surface area contributed by atoms with Gasteiger partial charge in [-0.15, -0.1) is 0 Å². The van der Waals surface area contributed by atoms with Crippen LogP contribution in [0.3, 0.4) is 0 Å². The molecule has 1 N–H and O–H groups in total. The minimum Gasteiger partial charge on any atom is -0.381 e. The zero-order chi connectivity index (χ0) is 28.3. The van der Waals surface area contributed by atoms with Crippen molar-refractivity contribution in [1.29, 1.82) is 0 Å². The first-order valence-electron chi connectivity index (χ1n) is 15.9. The molecule has 0 aromatic carbocycles. The van der Waals surface area contributed by atoms with Gasteiger partial charge >= 0.3 is 8.60 Å². The third-order valence-corrected chi connectivity index (χ3v) is 7.73. The van der Waals surface area contributed by atoms with Crippen LogP contribution in [-0.2, 0) is 18.6 Å². The molecular weight excluding hydrogens is 497 g/mol. The maximum absolute atomic E-state index is 11.6. The maximum atomic E-state index is 11.6. The van der Waals surface area contributed by atoms with E-state index in [-0.39, 0.29) is 18.3 Å². The first kappa shape index (κ1) is 37.9. The standard InChI is InChI=1S/C31H65NO5P/c1-6-7-8-9-10-11-12-13-14-15-16-17-18-19-20-21-22-23-25-35-28-31(27-30(2)33)29-37-38(34)36-26-24-32(3,4)5/h31,34H,6-29H2,1-5H3/q+1. The van der Waals surface area contributed by atoms with Gasteiger partial charge in [0.1, 0.15) is 18.9 Å². The summed E-state index contributed by atoms with van der Waals surface area (Å²) in [6.07, 6.45) is 25.1. The summed E-state index contributed by atoms with van der Waals surface area (Å²) >= 11 is 0. The third kappa shape index (κ3) is 30.4. The van der Waals surface area contributed by atoms with Crippen molar-refractivity contribution in [2.24, 2.45) is 5.92 Å². The van der Waals surface area contributed by atoms with E-state index in [0.29, 0.717) is 19.6 Å². The van der Waals surface area contributed by atoms with E-state index in [1.54, 1.807) is 6.92 Å². The highest BCUT2D eigenvalue weighted by atomic mass is 31.2. The van der Waals surface area contributed by atoms with Gasteiger partial charge in [0, 0.05) is 18.9 Å². The molecule has 0 aromatic rings. The first-order valence-corrected chi connectivity index (χ1v) is 17.0. The normalized spacial score (nSPS) is 13.6. The van der Waals surface area contributed by atoms with E-state index >= 15 is 0 Å². The van der Waals surface area contributed by atoms with Crippen LogP contribution >= 0.6 is 8.60 Å². The lowest BCUT2D eigenvalue weighted by atomic mass is 10.0. The van der Waals surface area contributed by atoms with Crippen LogP contribution in [0.25, 0.3) is 0 Å². The van der Waals surface area contributed by atoms with E-state index in [4.69, 9.17) is 13.8 Å². The number of unbranched alkanes of at least 4 members (excludes halogenated alkanes) is 17. The Balaban J connectivity index is 3.54. The molecule has 0 spiro atoms. The van der Waals surface area contributed by atoms with E-state index < -0.39 is 8.60 Å². The summed E-state index contributed by atoms with van der Waals surface area (Å²) in [4.78, 5) is 21.5. The molecule has 0 aliphatic heterocycles. The summed E-state index contributed by atoms with van der Waals surface area (Å²) in [5.74, 6) is 0.0748. The lowest BCUT2D eigenvalue weighted by molar-refractivity contribution is -0.870. The Morgan fingerprint density at radius 2 is 1.13 bits per heavy atom. The van der Waals surface area contributed by atoms with Crippen LogP contribution in [0.5, 0.6) is 0 Å². The SMILES string of the molecule is CCCCCCCCCCCCCCCCCCCCOCC(COP(O)OCC[N+](C)(C)C)CC(C)=O. The molecule has 0 saturated carbocycles. The van der Waals surface area contributed by atoms with Crippen molar-refractivity contribution in [3.05, 3.63) is 0 Å². The van der Waals surface area contributed by atoms with Crippen LogP contribution in [0.15, 0.2) is 0 Å². The van der Waals surface area contributed by atoms with Gasteiger partial charge in [0.25, 0.3) is 0 Å². The van der Waals surface area contributed by atoms with E-state index in [2.05, 4.69) is 28.1 Å². The van der Waals surface area contributed by atoms with Gasteiger partial charge in [-0.1, -0.05) is 116 Å². The minimum atomic E-state index is -1.91. The zero-order valence-corrected chi connectivity index (χ0v) is 26.9. The predicted molar refractivity (Wildman–Crippen MR) is 162 cm³/mol. The van der Waals surface area contributed by atoms with Gasteiger partial charge in [-0.25, -0.2) is 0 Å². The second kappa shape index (κ2) is 27.1. The molecule has 38 heavy (non-hydrogen) atoms. The molecule has 2 atom stereocenters. The fourth-order valence-electron chi connectivity index (χ4n) is 4.53. The molecule has 0 bridgehead atoms. The fraction of sp³-hybridized carbons (Fsp3) is 0.968. The lowest BCUT2D eigenvalue weighted by Crippen LogP contribution is -2.37. The van der Waals surface area contributed by atoms with Crippen LogP contribution in [0.4, 0.5) is 0 Å². The Morgan fingerprint density at radius 3 is 1.55 bits per heavy atom. The van der Waals surface area contributed by atoms with Crippen LogP contribution < -0.4 is 0 Å². The highest BCUT2D eigenvalue weighted by molar-refractivity contribution is 7.40. The number of carbonyl (C=O) groups excluding carboxylic acids is 1. The van der Waals surface area contributed by atoms with E-state index in [9.17, 15) is 9.69 Å². The van der Waals surface area contributed by atoms with E-state index in [1.165, 1.54) is 109 Å². The van der Waals surface area contributed by atoms with E-state index in [1.807, 2.05) is 0 Å². The number of Topliss-reactive ketones (excluding diaryl/α,β-unsaturated/α-hetero) is 1. The van der Waals surface area contributed by atoms with Gasteiger partial charge in [-0.2, -0.15) is 0 Å². The molecule has 0 amide bonds. The van der Waals surface area contributed by atoms with Gasteiger partial charge in [0.2, 0.25) is 0 Å². The van der Waals surface area contributed by atoms with Gasteiger partial charge < -0.3 is 28.0 Å². The first-order chi connectivity index (χ1) is 18.2. The summed E-state index contributed by atoms with van der Waals surface area (Å²) in [5, 5.41) is 0. The molecule has 0 saturated heterocycles. The number of likely N-dealkylation sites (N-methyl/N-ethyl adjacent to an activating group) is 1. The maximum Gasteiger partial charge on any atom is 0.330 e. The van der Waals surface area contributed by atoms with Crippen LogP contribution in [0, 0.1) is 5.92 Å². The Labute approximate surface area is 238 Å². The molecule has 0 aliphatic rings. The average molecular weight is 563 g/mol. The molecular formula is C31H65NO5P+. The number of hydrogen-bond acceptors (Lipinski definition) is 5. The average Bonchev–Trinajstić information content (AvgIpc) is 2.84. The Hall–Kier alpha value is -0.100. The lowest BCUT2D eigenvalue weighted by Gasteiger charge is -2.24. The molecule has 0 rings (SSSR count). The van der Waals surface area contributed by atoms with Crippen LogP contribution in [-0.4, -0.2) is 69.3 Å². The van der Waals surface area contributed by atoms with Crippen molar-refractivity contribution in [1.82, 2.24) is 0 Å². The second-order valence-electron chi connectivity index (χ2n) is 12.2. The molecule has 228 valence electrons. The Morgan fingerprint density at radius 1 is 0.684 bits per heavy atom. The largest absolute Gasteiger partial charge is 0.381 e. The van der Waals surface area contributed by atoms with Gasteiger partial charge in [0.05, 0.1) is 34.4 Å². The van der Waals surface area contributed by atoms with E-state index in [0.717, 1.165) is 24.1 Å². The van der Waals surface area contributed by atoms with Crippen molar-refractivity contribution in [2.45, 2.75) is 136 Å². The number of hydrogen-bond donors (Lipinski definition) is 1. The van der Waals surface area contributed by atoms with Crippen molar-refractivity contribution in [3.63, 3.8) is 0 Å². The molecule has 0 fully saturated rings. The van der Waals surface area contributed by atoms with Gasteiger partial charge in [0.15, 0.2) is 0 Å². The zero-order valence-electron chi connectivity index (χ0n) is 26.0. The number of ether oxygens (including phenoxy) is 1. The Bertz CT molecular complexity index is 515. The van der Waals surface area contributed by atoms with Crippen molar-refractivity contribution in [2.75, 3.05) is 54.1 Å². The number of rotatable bonds is 30. The molecule has 0 aromatic heterocycles. The quantitative estimate of drug-likeness (QED) is 0.0539. The molecule has 0 radical (unpaired) electrons. The number of nitrogens with zero attached hydrogens (tertiary/aromatic N) is 1. The molecule has 7 heteroatoms. The summed E-state index contributed by atoms with van der Waals surface area (Å²) in [5.41, 5.74) is 0. The highest BCUT2D eigenvalue weighted by Crippen LogP contribution is 2.33. The van der Waals surface area contributed by atoms with Crippen molar-refractivity contribution in [3.8, 4) is 0 Å². The summed E-state index contributed by atoms with van der Waals surface area (Å²) in [7, 11) is 4.31. The molecule has 2 unspecified atom stereocenters.